The van der Waals surface area contributed by atoms with Crippen molar-refractivity contribution in [1.29, 1.82) is 0 Å². The Balaban J connectivity index is 1.64. The summed E-state index contributed by atoms with van der Waals surface area (Å²) >= 11 is 1.64. The van der Waals surface area contributed by atoms with Crippen LogP contribution in [0.5, 0.6) is 0 Å². The molecule has 0 radical (unpaired) electrons. The van der Waals surface area contributed by atoms with Crippen LogP contribution >= 0.6 is 11.3 Å². The van der Waals surface area contributed by atoms with Crippen molar-refractivity contribution in [2.45, 2.75) is 31.6 Å². The monoisotopic (exact) mass is 407 g/mol. The molecule has 0 saturated carbocycles. The molecule has 1 aliphatic heterocycles. The molecule has 4 rings (SSSR count). The van der Waals surface area contributed by atoms with Gasteiger partial charge in [0, 0.05) is 25.4 Å². The predicted octanol–water partition coefficient (Wildman–Crippen LogP) is 3.52. The predicted molar refractivity (Wildman–Crippen MR) is 116 cm³/mol. The van der Waals surface area contributed by atoms with Crippen molar-refractivity contribution in [2.24, 2.45) is 11.7 Å². The van der Waals surface area contributed by atoms with E-state index >= 15 is 0 Å². The van der Waals surface area contributed by atoms with E-state index in [0.29, 0.717) is 32.4 Å². The lowest BCUT2D eigenvalue weighted by atomic mass is 9.77. The minimum absolute atomic E-state index is 0.0888. The highest BCUT2D eigenvalue weighted by atomic mass is 32.1. The van der Waals surface area contributed by atoms with Crippen molar-refractivity contribution < 1.29 is 9.59 Å². The summed E-state index contributed by atoms with van der Waals surface area (Å²) in [5, 5.41) is 0.956. The molecule has 2 N–H and O–H groups in total. The molecule has 2 aromatic carbocycles. The first-order valence-electron chi connectivity index (χ1n) is 9.96. The van der Waals surface area contributed by atoms with Gasteiger partial charge >= 0.3 is 0 Å². The van der Waals surface area contributed by atoms with Crippen LogP contribution < -0.4 is 5.73 Å². The van der Waals surface area contributed by atoms with Crippen LogP contribution in [0.25, 0.3) is 10.2 Å². The van der Waals surface area contributed by atoms with Crippen molar-refractivity contribution in [2.75, 3.05) is 13.1 Å². The molecule has 29 heavy (non-hydrogen) atoms. The SMILES string of the molecule is C[C@](Cc1nc2ccccc2s1)(C(=O)N1CCC(C(N)=O)CC1)c1ccccc1. The summed E-state index contributed by atoms with van der Waals surface area (Å²) in [6, 6.07) is 18.0. The molecule has 6 heteroatoms. The lowest BCUT2D eigenvalue weighted by molar-refractivity contribution is -0.139. The maximum absolute atomic E-state index is 13.7. The number of nitrogens with zero attached hydrogens (tertiary/aromatic N) is 2. The van der Waals surface area contributed by atoms with Gasteiger partial charge in [0.2, 0.25) is 11.8 Å². The number of carbonyl (C=O) groups excluding carboxylic acids is 2. The smallest absolute Gasteiger partial charge is 0.233 e. The van der Waals surface area contributed by atoms with Crippen LogP contribution in [0.4, 0.5) is 0 Å². The van der Waals surface area contributed by atoms with Crippen LogP contribution in [0.15, 0.2) is 54.6 Å². The third kappa shape index (κ3) is 3.90. The van der Waals surface area contributed by atoms with Gasteiger partial charge in [0.25, 0.3) is 0 Å². The van der Waals surface area contributed by atoms with Crippen molar-refractivity contribution in [3.63, 3.8) is 0 Å². The highest BCUT2D eigenvalue weighted by Gasteiger charge is 2.40. The third-order valence-corrected chi connectivity index (χ3v) is 6.95. The summed E-state index contributed by atoms with van der Waals surface area (Å²) < 4.78 is 1.13. The van der Waals surface area contributed by atoms with E-state index in [2.05, 4.69) is 6.07 Å². The number of primary amides is 1. The fourth-order valence-electron chi connectivity index (χ4n) is 4.12. The molecule has 1 saturated heterocycles. The second-order valence-electron chi connectivity index (χ2n) is 7.92. The summed E-state index contributed by atoms with van der Waals surface area (Å²) in [6.07, 6.45) is 1.81. The van der Waals surface area contributed by atoms with Crippen molar-refractivity contribution in [3.05, 3.63) is 65.2 Å². The van der Waals surface area contributed by atoms with Crippen LogP contribution in [0.3, 0.4) is 0 Å². The number of thiazole rings is 1. The molecule has 0 spiro atoms. The number of nitrogens with two attached hydrogens (primary N) is 1. The van der Waals surface area contributed by atoms with Crippen LogP contribution in [-0.2, 0) is 21.4 Å². The Kier molecular flexibility index (Phi) is 5.37. The van der Waals surface area contributed by atoms with Gasteiger partial charge < -0.3 is 10.6 Å². The average molecular weight is 408 g/mol. The fraction of sp³-hybridized carbons (Fsp3) is 0.348. The molecular weight excluding hydrogens is 382 g/mol. The van der Waals surface area contributed by atoms with Crippen molar-refractivity contribution in [1.82, 2.24) is 9.88 Å². The molecule has 0 bridgehead atoms. The van der Waals surface area contributed by atoms with Gasteiger partial charge in [-0.2, -0.15) is 0 Å². The topological polar surface area (TPSA) is 76.3 Å². The van der Waals surface area contributed by atoms with Gasteiger partial charge in [0.05, 0.1) is 20.6 Å². The van der Waals surface area contributed by atoms with Gasteiger partial charge in [-0.1, -0.05) is 42.5 Å². The molecule has 1 atom stereocenters. The van der Waals surface area contributed by atoms with E-state index in [4.69, 9.17) is 10.7 Å². The minimum Gasteiger partial charge on any atom is -0.369 e. The van der Waals surface area contributed by atoms with E-state index < -0.39 is 5.41 Å². The number of aromatic nitrogens is 1. The summed E-state index contributed by atoms with van der Waals surface area (Å²) in [5.74, 6) is -0.311. The number of carbonyl (C=O) groups is 2. The summed E-state index contributed by atoms with van der Waals surface area (Å²) in [7, 11) is 0. The Bertz CT molecular complexity index is 992. The number of amides is 2. The highest BCUT2D eigenvalue weighted by molar-refractivity contribution is 7.18. The van der Waals surface area contributed by atoms with Gasteiger partial charge in [-0.25, -0.2) is 4.98 Å². The van der Waals surface area contributed by atoms with Crippen LogP contribution in [0, 0.1) is 5.92 Å². The summed E-state index contributed by atoms with van der Waals surface area (Å²) in [6.45, 7) is 3.14. The lowest BCUT2D eigenvalue weighted by Crippen LogP contribution is -2.50. The zero-order valence-corrected chi connectivity index (χ0v) is 17.3. The van der Waals surface area contributed by atoms with Crippen LogP contribution in [0.1, 0.15) is 30.3 Å². The molecule has 2 heterocycles. The van der Waals surface area contributed by atoms with Crippen molar-refractivity contribution in [3.8, 4) is 0 Å². The van der Waals surface area contributed by atoms with E-state index in [-0.39, 0.29) is 17.7 Å². The van der Waals surface area contributed by atoms with E-state index in [1.165, 1.54) is 0 Å². The zero-order chi connectivity index (χ0) is 20.4. The standard InChI is InChI=1S/C23H25N3O2S/c1-23(17-7-3-2-4-8-17,15-20-25-18-9-5-6-10-19(18)29-20)22(28)26-13-11-16(12-14-26)21(24)27/h2-10,16H,11-15H2,1H3,(H2,24,27)/t23-/m1/s1. The molecule has 150 valence electrons. The van der Waals surface area contributed by atoms with E-state index in [1.54, 1.807) is 11.3 Å². The number of para-hydroxylation sites is 1. The van der Waals surface area contributed by atoms with Gasteiger partial charge in [0.15, 0.2) is 0 Å². The Morgan fingerprint density at radius 1 is 1.10 bits per heavy atom. The van der Waals surface area contributed by atoms with Crippen molar-refractivity contribution >= 4 is 33.4 Å². The second-order valence-corrected chi connectivity index (χ2v) is 9.03. The Morgan fingerprint density at radius 2 is 1.76 bits per heavy atom. The van der Waals surface area contributed by atoms with Gasteiger partial charge in [-0.05, 0) is 37.5 Å². The molecule has 0 aliphatic carbocycles. The largest absolute Gasteiger partial charge is 0.369 e. The first-order valence-corrected chi connectivity index (χ1v) is 10.8. The quantitative estimate of drug-likeness (QED) is 0.703. The minimum atomic E-state index is -0.714. The van der Waals surface area contributed by atoms with Gasteiger partial charge in [0.1, 0.15) is 0 Å². The van der Waals surface area contributed by atoms with Gasteiger partial charge in [-0.3, -0.25) is 9.59 Å². The number of hydrogen-bond donors (Lipinski definition) is 1. The molecule has 0 unspecified atom stereocenters. The third-order valence-electron chi connectivity index (χ3n) is 5.91. The number of rotatable bonds is 5. The second kappa shape index (κ2) is 7.95. The number of fused-ring (bicyclic) bond motifs is 1. The maximum atomic E-state index is 13.7. The van der Waals surface area contributed by atoms with E-state index in [0.717, 1.165) is 20.8 Å². The molecular formula is C23H25N3O2S. The van der Waals surface area contributed by atoms with Gasteiger partial charge in [-0.15, -0.1) is 11.3 Å². The number of benzene rings is 2. The Hall–Kier alpha value is -2.73. The maximum Gasteiger partial charge on any atom is 0.233 e. The van der Waals surface area contributed by atoms with E-state index in [1.807, 2.05) is 60.4 Å². The molecule has 5 nitrogen and oxygen atoms in total. The average Bonchev–Trinajstić information content (AvgIpc) is 3.16. The number of piperidine rings is 1. The van der Waals surface area contributed by atoms with Crippen LogP contribution in [0.2, 0.25) is 0 Å². The molecule has 1 fully saturated rings. The molecule has 1 aliphatic rings. The molecule has 3 aromatic rings. The van der Waals surface area contributed by atoms with E-state index in [9.17, 15) is 9.59 Å². The Morgan fingerprint density at radius 3 is 2.41 bits per heavy atom. The Labute approximate surface area is 174 Å². The fourth-order valence-corrected chi connectivity index (χ4v) is 5.24. The number of hydrogen-bond acceptors (Lipinski definition) is 4. The normalized spacial score (nSPS) is 17.2. The molecule has 2 amide bonds. The molecule has 1 aromatic heterocycles. The number of likely N-dealkylation sites (tertiary alicyclic amines) is 1. The lowest BCUT2D eigenvalue weighted by Gasteiger charge is -2.38. The summed E-state index contributed by atoms with van der Waals surface area (Å²) in [5.41, 5.74) is 6.70. The first-order chi connectivity index (χ1) is 14.0. The summed E-state index contributed by atoms with van der Waals surface area (Å²) in [4.78, 5) is 31.9. The zero-order valence-electron chi connectivity index (χ0n) is 16.5. The van der Waals surface area contributed by atoms with Crippen LogP contribution in [-0.4, -0.2) is 34.8 Å². The first kappa shape index (κ1) is 19.6. The highest BCUT2D eigenvalue weighted by Crippen LogP contribution is 2.34.